The second-order valence-electron chi connectivity index (χ2n) is 4.99. The molecule has 1 aliphatic rings. The van der Waals surface area contributed by atoms with Gasteiger partial charge in [0.05, 0.1) is 32.1 Å². The van der Waals surface area contributed by atoms with Crippen LogP contribution in [0, 0.1) is 6.92 Å². The number of fused-ring (bicyclic) bond motifs is 1. The Bertz CT molecular complexity index is 547. The molecule has 1 aliphatic heterocycles. The smallest absolute Gasteiger partial charge is 0.331 e. The molecule has 0 atom stereocenters. The highest BCUT2D eigenvalue weighted by molar-refractivity contribution is 5.89. The predicted molar refractivity (Wildman–Crippen MR) is 79.9 cm³/mol. The quantitative estimate of drug-likeness (QED) is 0.414. The summed E-state index contributed by atoms with van der Waals surface area (Å²) in [6.45, 7) is 2.96. The van der Waals surface area contributed by atoms with Crippen molar-refractivity contribution in [1.29, 1.82) is 0 Å². The monoisotopic (exact) mass is 308 g/mol. The van der Waals surface area contributed by atoms with Crippen LogP contribution in [0.15, 0.2) is 18.2 Å². The van der Waals surface area contributed by atoms with Gasteiger partial charge in [0, 0.05) is 6.54 Å². The molecule has 22 heavy (non-hydrogen) atoms. The third kappa shape index (κ3) is 4.44. The first-order chi connectivity index (χ1) is 10.6. The zero-order valence-electron chi connectivity index (χ0n) is 12.5. The third-order valence-corrected chi connectivity index (χ3v) is 3.14. The minimum atomic E-state index is -0.379. The molecule has 2 rings (SSSR count). The number of aliphatic hydroxyl groups is 1. The summed E-state index contributed by atoms with van der Waals surface area (Å²) in [6, 6.07) is 5.48. The first kappa shape index (κ1) is 16.3. The highest BCUT2D eigenvalue weighted by Crippen LogP contribution is 2.32. The summed E-state index contributed by atoms with van der Waals surface area (Å²) in [5.41, 5.74) is 1.77. The number of hydrogen-bond acceptors (Lipinski definition) is 6. The standard InChI is InChI=1S/C15H20N2O5/c1-11-2-3-13-12(8-11)17(10-15(20)22-13)9-14(19)16-4-6-21-7-5-18/h2-3,8,18H,4-7,9-10H2,1H3,(H,16,19). The molecular weight excluding hydrogens is 288 g/mol. The van der Waals surface area contributed by atoms with E-state index in [1.165, 1.54) is 0 Å². The molecule has 120 valence electrons. The zero-order valence-corrected chi connectivity index (χ0v) is 12.5. The van der Waals surface area contributed by atoms with Gasteiger partial charge in [0.25, 0.3) is 0 Å². The van der Waals surface area contributed by atoms with Crippen molar-refractivity contribution in [3.63, 3.8) is 0 Å². The van der Waals surface area contributed by atoms with Crippen molar-refractivity contribution in [2.75, 3.05) is 44.4 Å². The molecule has 0 bridgehead atoms. The van der Waals surface area contributed by atoms with E-state index in [1.54, 1.807) is 11.0 Å². The number of carbonyl (C=O) groups is 2. The van der Waals surface area contributed by atoms with Gasteiger partial charge in [-0.3, -0.25) is 4.79 Å². The van der Waals surface area contributed by atoms with Crippen LogP contribution in [0.4, 0.5) is 5.69 Å². The number of ether oxygens (including phenoxy) is 2. The summed E-state index contributed by atoms with van der Waals surface area (Å²) in [6.07, 6.45) is 0. The van der Waals surface area contributed by atoms with Crippen LogP contribution in [0.25, 0.3) is 0 Å². The Morgan fingerprint density at radius 1 is 1.45 bits per heavy atom. The van der Waals surface area contributed by atoms with E-state index in [2.05, 4.69) is 5.32 Å². The fourth-order valence-electron chi connectivity index (χ4n) is 2.16. The maximum atomic E-state index is 11.9. The Morgan fingerprint density at radius 3 is 3.05 bits per heavy atom. The molecule has 0 radical (unpaired) electrons. The van der Waals surface area contributed by atoms with Crippen LogP contribution in [0.2, 0.25) is 0 Å². The molecule has 1 aromatic rings. The highest BCUT2D eigenvalue weighted by atomic mass is 16.5. The third-order valence-electron chi connectivity index (χ3n) is 3.14. The molecule has 1 aromatic carbocycles. The van der Waals surface area contributed by atoms with Gasteiger partial charge in [-0.1, -0.05) is 6.07 Å². The van der Waals surface area contributed by atoms with Crippen molar-refractivity contribution < 1.29 is 24.2 Å². The van der Waals surface area contributed by atoms with Crippen molar-refractivity contribution in [3.05, 3.63) is 23.8 Å². The molecule has 0 unspecified atom stereocenters. The predicted octanol–water partition coefficient (Wildman–Crippen LogP) is -0.154. The number of aryl methyl sites for hydroxylation is 1. The zero-order chi connectivity index (χ0) is 15.9. The van der Waals surface area contributed by atoms with Gasteiger partial charge in [0.2, 0.25) is 5.91 Å². The molecular formula is C15H20N2O5. The summed E-state index contributed by atoms with van der Waals surface area (Å²) in [4.78, 5) is 25.2. The van der Waals surface area contributed by atoms with Crippen LogP contribution in [0.3, 0.4) is 0 Å². The number of benzene rings is 1. The fraction of sp³-hybridized carbons (Fsp3) is 0.467. The summed E-state index contributed by atoms with van der Waals surface area (Å²) < 4.78 is 10.2. The number of carbonyl (C=O) groups excluding carboxylic acids is 2. The molecule has 0 aliphatic carbocycles. The molecule has 0 saturated heterocycles. The Morgan fingerprint density at radius 2 is 2.27 bits per heavy atom. The minimum Gasteiger partial charge on any atom is -0.423 e. The Hall–Kier alpha value is -2.12. The van der Waals surface area contributed by atoms with Crippen LogP contribution in [-0.2, 0) is 14.3 Å². The van der Waals surface area contributed by atoms with Crippen molar-refractivity contribution >= 4 is 17.6 Å². The number of esters is 1. The first-order valence-electron chi connectivity index (χ1n) is 7.11. The summed E-state index contributed by atoms with van der Waals surface area (Å²) in [5.74, 6) is -0.105. The van der Waals surface area contributed by atoms with Crippen LogP contribution in [-0.4, -0.2) is 56.4 Å². The molecule has 0 spiro atoms. The van der Waals surface area contributed by atoms with Crippen molar-refractivity contribution in [1.82, 2.24) is 5.32 Å². The molecule has 0 fully saturated rings. The molecule has 7 nitrogen and oxygen atoms in total. The number of anilines is 1. The normalized spacial score (nSPS) is 13.5. The minimum absolute atomic E-state index is 0.0417. The van der Waals surface area contributed by atoms with E-state index in [0.29, 0.717) is 18.9 Å². The fourth-order valence-corrected chi connectivity index (χ4v) is 2.16. The van der Waals surface area contributed by atoms with Crippen LogP contribution >= 0.6 is 0 Å². The molecule has 0 aromatic heterocycles. The maximum absolute atomic E-state index is 11.9. The number of rotatable bonds is 7. The lowest BCUT2D eigenvalue weighted by molar-refractivity contribution is -0.133. The van der Waals surface area contributed by atoms with E-state index < -0.39 is 0 Å². The lowest BCUT2D eigenvalue weighted by Gasteiger charge is -2.29. The van der Waals surface area contributed by atoms with Gasteiger partial charge in [0.15, 0.2) is 5.75 Å². The van der Waals surface area contributed by atoms with Gasteiger partial charge in [-0.05, 0) is 24.6 Å². The molecule has 1 heterocycles. The Balaban J connectivity index is 1.91. The summed E-state index contributed by atoms with van der Waals surface area (Å²) in [7, 11) is 0. The van der Waals surface area contributed by atoms with Crippen molar-refractivity contribution in [2.24, 2.45) is 0 Å². The van der Waals surface area contributed by atoms with E-state index in [-0.39, 0.29) is 38.2 Å². The van der Waals surface area contributed by atoms with E-state index in [0.717, 1.165) is 11.3 Å². The lowest BCUT2D eigenvalue weighted by Crippen LogP contribution is -2.44. The molecule has 2 N–H and O–H groups in total. The summed E-state index contributed by atoms with van der Waals surface area (Å²) in [5, 5.41) is 11.3. The van der Waals surface area contributed by atoms with Gasteiger partial charge in [-0.15, -0.1) is 0 Å². The second kappa shape index (κ2) is 7.77. The second-order valence-corrected chi connectivity index (χ2v) is 4.99. The average molecular weight is 308 g/mol. The van der Waals surface area contributed by atoms with Gasteiger partial charge >= 0.3 is 5.97 Å². The summed E-state index contributed by atoms with van der Waals surface area (Å²) >= 11 is 0. The van der Waals surface area contributed by atoms with Crippen LogP contribution < -0.4 is 15.0 Å². The maximum Gasteiger partial charge on any atom is 0.331 e. The number of nitrogens with zero attached hydrogens (tertiary/aromatic N) is 1. The molecule has 7 heteroatoms. The topological polar surface area (TPSA) is 88.1 Å². The number of hydrogen-bond donors (Lipinski definition) is 2. The molecule has 0 saturated carbocycles. The number of nitrogens with one attached hydrogen (secondary N) is 1. The van der Waals surface area contributed by atoms with E-state index in [9.17, 15) is 9.59 Å². The lowest BCUT2D eigenvalue weighted by atomic mass is 10.1. The largest absolute Gasteiger partial charge is 0.423 e. The van der Waals surface area contributed by atoms with Crippen LogP contribution in [0.1, 0.15) is 5.56 Å². The van der Waals surface area contributed by atoms with Crippen LogP contribution in [0.5, 0.6) is 5.75 Å². The van der Waals surface area contributed by atoms with E-state index in [4.69, 9.17) is 14.6 Å². The molecule has 1 amide bonds. The average Bonchev–Trinajstić information content (AvgIpc) is 2.47. The Labute approximate surface area is 128 Å². The van der Waals surface area contributed by atoms with Gasteiger partial charge < -0.3 is 24.8 Å². The van der Waals surface area contributed by atoms with Crippen molar-refractivity contribution in [3.8, 4) is 5.75 Å². The van der Waals surface area contributed by atoms with E-state index in [1.807, 2.05) is 19.1 Å². The first-order valence-corrected chi connectivity index (χ1v) is 7.11. The highest BCUT2D eigenvalue weighted by Gasteiger charge is 2.25. The van der Waals surface area contributed by atoms with E-state index >= 15 is 0 Å². The van der Waals surface area contributed by atoms with Gasteiger partial charge in [-0.2, -0.15) is 0 Å². The Kier molecular flexibility index (Phi) is 5.74. The number of amides is 1. The SMILES string of the molecule is Cc1ccc2c(c1)N(CC(=O)NCCOCCO)CC(=O)O2. The van der Waals surface area contributed by atoms with Gasteiger partial charge in [-0.25, -0.2) is 4.79 Å². The van der Waals surface area contributed by atoms with Gasteiger partial charge in [0.1, 0.15) is 6.54 Å². The van der Waals surface area contributed by atoms with Crippen molar-refractivity contribution in [2.45, 2.75) is 6.92 Å². The number of aliphatic hydroxyl groups excluding tert-OH is 1.